The second kappa shape index (κ2) is 9.80. The first-order valence-electron chi connectivity index (χ1n) is 7.97. The van der Waals surface area contributed by atoms with Crippen molar-refractivity contribution in [3.05, 3.63) is 0 Å². The molecule has 18 heavy (non-hydrogen) atoms. The fourth-order valence-electron chi connectivity index (χ4n) is 2.61. The Morgan fingerprint density at radius 1 is 1.06 bits per heavy atom. The van der Waals surface area contributed by atoms with E-state index in [1.54, 1.807) is 0 Å². The molecule has 1 aliphatic rings. The Balaban J connectivity index is 1.81. The van der Waals surface area contributed by atoms with Gasteiger partial charge in [0.25, 0.3) is 0 Å². The molecule has 2 nitrogen and oxygen atoms in total. The summed E-state index contributed by atoms with van der Waals surface area (Å²) in [6.45, 7) is 10.9. The molecule has 0 aromatic carbocycles. The van der Waals surface area contributed by atoms with Gasteiger partial charge in [0.2, 0.25) is 0 Å². The lowest BCUT2D eigenvalue weighted by Crippen LogP contribution is -2.24. The topological polar surface area (TPSA) is 21.3 Å². The monoisotopic (exact) mass is 255 g/mol. The lowest BCUT2D eigenvalue weighted by molar-refractivity contribution is 0.125. The highest BCUT2D eigenvalue weighted by Crippen LogP contribution is 2.29. The van der Waals surface area contributed by atoms with Crippen LogP contribution in [0.4, 0.5) is 0 Å². The van der Waals surface area contributed by atoms with Gasteiger partial charge in [0.15, 0.2) is 0 Å². The average molecular weight is 255 g/mol. The van der Waals surface area contributed by atoms with E-state index < -0.39 is 0 Å². The van der Waals surface area contributed by atoms with Crippen molar-refractivity contribution in [1.29, 1.82) is 0 Å². The zero-order valence-corrected chi connectivity index (χ0v) is 12.7. The van der Waals surface area contributed by atoms with Crippen LogP contribution in [0.2, 0.25) is 0 Å². The fraction of sp³-hybridized carbons (Fsp3) is 1.00. The Hall–Kier alpha value is -0.0800. The van der Waals surface area contributed by atoms with Crippen molar-refractivity contribution < 1.29 is 4.74 Å². The maximum absolute atomic E-state index is 5.59. The molecule has 0 spiro atoms. The molecule has 0 heterocycles. The van der Waals surface area contributed by atoms with Crippen molar-refractivity contribution >= 4 is 0 Å². The van der Waals surface area contributed by atoms with Crippen molar-refractivity contribution in [3.63, 3.8) is 0 Å². The van der Waals surface area contributed by atoms with Gasteiger partial charge in [-0.15, -0.1) is 0 Å². The van der Waals surface area contributed by atoms with Gasteiger partial charge in [-0.05, 0) is 37.1 Å². The minimum absolute atomic E-state index is 0.756. The third-order valence-electron chi connectivity index (χ3n) is 4.13. The van der Waals surface area contributed by atoms with E-state index in [0.29, 0.717) is 0 Å². The largest absolute Gasteiger partial charge is 0.380 e. The lowest BCUT2D eigenvalue weighted by Gasteiger charge is -2.26. The SMILES string of the molecule is CC(C)CCOCCNCCC1CCC(C)CC1. The normalized spacial score (nSPS) is 24.7. The molecule has 0 aromatic heterocycles. The first-order valence-corrected chi connectivity index (χ1v) is 7.97. The number of rotatable bonds is 9. The van der Waals surface area contributed by atoms with E-state index in [0.717, 1.165) is 37.5 Å². The van der Waals surface area contributed by atoms with Crippen molar-refractivity contribution in [2.24, 2.45) is 17.8 Å². The van der Waals surface area contributed by atoms with Gasteiger partial charge in [0, 0.05) is 13.2 Å². The van der Waals surface area contributed by atoms with Crippen LogP contribution in [0.25, 0.3) is 0 Å². The first kappa shape index (κ1) is 16.0. The van der Waals surface area contributed by atoms with Crippen LogP contribution in [0.15, 0.2) is 0 Å². The molecule has 1 N–H and O–H groups in total. The summed E-state index contributed by atoms with van der Waals surface area (Å²) in [5.74, 6) is 2.71. The maximum Gasteiger partial charge on any atom is 0.0590 e. The van der Waals surface area contributed by atoms with Crippen LogP contribution in [-0.2, 0) is 4.74 Å². The smallest absolute Gasteiger partial charge is 0.0590 e. The number of ether oxygens (including phenoxy) is 1. The minimum Gasteiger partial charge on any atom is -0.380 e. The Morgan fingerprint density at radius 3 is 2.44 bits per heavy atom. The second-order valence-corrected chi connectivity index (χ2v) is 6.46. The molecular weight excluding hydrogens is 222 g/mol. The Morgan fingerprint density at radius 2 is 1.78 bits per heavy atom. The maximum atomic E-state index is 5.59. The lowest BCUT2D eigenvalue weighted by atomic mass is 9.81. The van der Waals surface area contributed by atoms with Gasteiger partial charge >= 0.3 is 0 Å². The summed E-state index contributed by atoms with van der Waals surface area (Å²) in [6, 6.07) is 0. The summed E-state index contributed by atoms with van der Waals surface area (Å²) in [4.78, 5) is 0. The summed E-state index contributed by atoms with van der Waals surface area (Å²) < 4.78 is 5.59. The predicted molar refractivity (Wildman–Crippen MR) is 78.9 cm³/mol. The van der Waals surface area contributed by atoms with Crippen molar-refractivity contribution in [2.75, 3.05) is 26.3 Å². The molecule has 2 heteroatoms. The van der Waals surface area contributed by atoms with E-state index >= 15 is 0 Å². The van der Waals surface area contributed by atoms with Crippen LogP contribution in [0.5, 0.6) is 0 Å². The number of hydrogen-bond donors (Lipinski definition) is 1. The van der Waals surface area contributed by atoms with Crippen LogP contribution < -0.4 is 5.32 Å². The van der Waals surface area contributed by atoms with Crippen LogP contribution in [0, 0.1) is 17.8 Å². The van der Waals surface area contributed by atoms with Gasteiger partial charge in [0.1, 0.15) is 0 Å². The summed E-state index contributed by atoms with van der Waals surface area (Å²) in [7, 11) is 0. The van der Waals surface area contributed by atoms with E-state index in [9.17, 15) is 0 Å². The van der Waals surface area contributed by atoms with E-state index in [1.807, 2.05) is 0 Å². The van der Waals surface area contributed by atoms with E-state index in [-0.39, 0.29) is 0 Å². The molecule has 0 radical (unpaired) electrons. The third kappa shape index (κ3) is 8.10. The molecule has 108 valence electrons. The molecule has 0 unspecified atom stereocenters. The Labute approximate surface area is 114 Å². The van der Waals surface area contributed by atoms with Gasteiger partial charge < -0.3 is 10.1 Å². The molecule has 1 fully saturated rings. The van der Waals surface area contributed by atoms with Gasteiger partial charge in [-0.3, -0.25) is 0 Å². The fourth-order valence-corrected chi connectivity index (χ4v) is 2.61. The van der Waals surface area contributed by atoms with Gasteiger partial charge in [-0.25, -0.2) is 0 Å². The molecule has 0 aromatic rings. The highest BCUT2D eigenvalue weighted by Gasteiger charge is 2.17. The van der Waals surface area contributed by atoms with E-state index in [1.165, 1.54) is 45.1 Å². The molecular formula is C16H33NO. The summed E-state index contributed by atoms with van der Waals surface area (Å²) >= 11 is 0. The molecule has 1 saturated carbocycles. The summed E-state index contributed by atoms with van der Waals surface area (Å²) in [5.41, 5.74) is 0. The number of nitrogens with one attached hydrogen (secondary N) is 1. The molecule has 0 bridgehead atoms. The van der Waals surface area contributed by atoms with Gasteiger partial charge in [0.05, 0.1) is 6.61 Å². The molecule has 0 atom stereocenters. The molecule has 0 amide bonds. The van der Waals surface area contributed by atoms with Crippen LogP contribution in [0.3, 0.4) is 0 Å². The van der Waals surface area contributed by atoms with Crippen LogP contribution in [0.1, 0.15) is 59.3 Å². The molecule has 1 aliphatic carbocycles. The van der Waals surface area contributed by atoms with E-state index in [2.05, 4.69) is 26.1 Å². The summed E-state index contributed by atoms with van der Waals surface area (Å²) in [5, 5.41) is 3.51. The summed E-state index contributed by atoms with van der Waals surface area (Å²) in [6.07, 6.45) is 8.34. The highest BCUT2D eigenvalue weighted by molar-refractivity contribution is 4.70. The molecule has 0 aliphatic heterocycles. The molecule has 0 saturated heterocycles. The molecule has 1 rings (SSSR count). The highest BCUT2D eigenvalue weighted by atomic mass is 16.5. The Kier molecular flexibility index (Phi) is 8.70. The Bertz CT molecular complexity index is 186. The zero-order valence-electron chi connectivity index (χ0n) is 12.7. The second-order valence-electron chi connectivity index (χ2n) is 6.46. The van der Waals surface area contributed by atoms with Gasteiger partial charge in [-0.2, -0.15) is 0 Å². The van der Waals surface area contributed by atoms with Crippen molar-refractivity contribution in [2.45, 2.75) is 59.3 Å². The first-order chi connectivity index (χ1) is 8.68. The quantitative estimate of drug-likeness (QED) is 0.632. The predicted octanol–water partition coefficient (Wildman–Crippen LogP) is 3.86. The van der Waals surface area contributed by atoms with Gasteiger partial charge in [-0.1, -0.05) is 46.5 Å². The number of hydrogen-bond acceptors (Lipinski definition) is 2. The van der Waals surface area contributed by atoms with Crippen LogP contribution in [-0.4, -0.2) is 26.3 Å². The minimum atomic E-state index is 0.756. The van der Waals surface area contributed by atoms with E-state index in [4.69, 9.17) is 4.74 Å². The van der Waals surface area contributed by atoms with Crippen molar-refractivity contribution in [3.8, 4) is 0 Å². The average Bonchev–Trinajstić information content (AvgIpc) is 2.34. The standard InChI is InChI=1S/C16H33NO/c1-14(2)9-12-18-13-11-17-10-8-16-6-4-15(3)5-7-16/h14-17H,4-13H2,1-3H3. The third-order valence-corrected chi connectivity index (χ3v) is 4.13. The van der Waals surface area contributed by atoms with Crippen LogP contribution >= 0.6 is 0 Å². The van der Waals surface area contributed by atoms with Crippen molar-refractivity contribution in [1.82, 2.24) is 5.32 Å². The zero-order chi connectivity index (χ0) is 13.2.